The fourth-order valence-corrected chi connectivity index (χ4v) is 7.87. The van der Waals surface area contributed by atoms with Crippen molar-refractivity contribution in [1.82, 2.24) is 4.31 Å². The van der Waals surface area contributed by atoms with E-state index in [0.717, 1.165) is 12.8 Å². The van der Waals surface area contributed by atoms with E-state index in [-0.39, 0.29) is 17.0 Å². The molecule has 2 aliphatic heterocycles. The van der Waals surface area contributed by atoms with Crippen LogP contribution in [0, 0.1) is 0 Å². The van der Waals surface area contributed by atoms with Crippen LogP contribution in [0.4, 0.5) is 5.69 Å². The van der Waals surface area contributed by atoms with Crippen LogP contribution in [0.15, 0.2) is 26.0 Å². The number of fused-ring (bicyclic) bond motifs is 2. The first-order valence-electron chi connectivity index (χ1n) is 6.77. The Labute approximate surface area is 140 Å². The molecule has 21 heavy (non-hydrogen) atoms. The standard InChI is InChI=1S/C13H16Br2N2O3S/c14-11-3-7(16)4-12(15)13(11)21(19,20)17-8-1-2-9(17)6-10(18)5-8/h3-4,8-10,18H,1-2,5-6,16H2. The average Bonchev–Trinajstić information content (AvgIpc) is 2.61. The van der Waals surface area contributed by atoms with E-state index < -0.39 is 16.1 Å². The number of sulfonamides is 1. The molecule has 2 atom stereocenters. The molecule has 2 aliphatic rings. The van der Waals surface area contributed by atoms with E-state index in [1.165, 1.54) is 0 Å². The molecule has 0 amide bonds. The van der Waals surface area contributed by atoms with Crippen LogP contribution in [-0.2, 0) is 10.0 Å². The third-order valence-corrected chi connectivity index (χ3v) is 8.08. The van der Waals surface area contributed by atoms with Gasteiger partial charge in [-0.05, 0) is 69.7 Å². The van der Waals surface area contributed by atoms with Gasteiger partial charge in [0, 0.05) is 26.7 Å². The minimum Gasteiger partial charge on any atom is -0.399 e. The molecule has 1 aromatic carbocycles. The molecule has 2 bridgehead atoms. The zero-order chi connectivity index (χ0) is 15.4. The van der Waals surface area contributed by atoms with Gasteiger partial charge in [0.05, 0.1) is 6.10 Å². The molecule has 2 fully saturated rings. The second-order valence-electron chi connectivity index (χ2n) is 5.66. The third kappa shape index (κ3) is 2.65. The number of nitrogens with zero attached hydrogens (tertiary/aromatic N) is 1. The summed E-state index contributed by atoms with van der Waals surface area (Å²) < 4.78 is 28.6. The van der Waals surface area contributed by atoms with Crippen molar-refractivity contribution in [1.29, 1.82) is 0 Å². The summed E-state index contributed by atoms with van der Waals surface area (Å²) in [4.78, 5) is 0.213. The van der Waals surface area contributed by atoms with E-state index in [0.29, 0.717) is 27.5 Å². The maximum atomic E-state index is 13.1. The molecule has 2 heterocycles. The Morgan fingerprint density at radius 3 is 2.10 bits per heavy atom. The van der Waals surface area contributed by atoms with Gasteiger partial charge in [-0.1, -0.05) is 0 Å². The van der Waals surface area contributed by atoms with Crippen molar-refractivity contribution in [2.45, 2.75) is 48.8 Å². The smallest absolute Gasteiger partial charge is 0.245 e. The van der Waals surface area contributed by atoms with Gasteiger partial charge in [0.15, 0.2) is 0 Å². The summed E-state index contributed by atoms with van der Waals surface area (Å²) in [6.45, 7) is 0. The van der Waals surface area contributed by atoms with E-state index in [1.54, 1.807) is 16.4 Å². The molecule has 3 rings (SSSR count). The molecule has 0 saturated carbocycles. The molecule has 8 heteroatoms. The molecule has 0 radical (unpaired) electrons. The lowest BCUT2D eigenvalue weighted by Gasteiger charge is -2.36. The highest BCUT2D eigenvalue weighted by atomic mass is 79.9. The first-order valence-corrected chi connectivity index (χ1v) is 9.79. The summed E-state index contributed by atoms with van der Waals surface area (Å²) in [5, 5.41) is 9.83. The zero-order valence-corrected chi connectivity index (χ0v) is 15.2. The van der Waals surface area contributed by atoms with E-state index in [1.807, 2.05) is 0 Å². The van der Waals surface area contributed by atoms with Crippen LogP contribution in [0.3, 0.4) is 0 Å². The Hall–Kier alpha value is -0.150. The molecule has 0 spiro atoms. The molecular weight excluding hydrogens is 424 g/mol. The van der Waals surface area contributed by atoms with Gasteiger partial charge in [-0.25, -0.2) is 8.42 Å². The quantitative estimate of drug-likeness (QED) is 0.693. The van der Waals surface area contributed by atoms with Gasteiger partial charge in [-0.3, -0.25) is 0 Å². The number of nitrogens with two attached hydrogens (primary N) is 1. The first kappa shape index (κ1) is 15.7. The molecular formula is C13H16Br2N2O3S. The maximum Gasteiger partial charge on any atom is 0.245 e. The van der Waals surface area contributed by atoms with E-state index in [4.69, 9.17) is 5.73 Å². The molecule has 116 valence electrons. The van der Waals surface area contributed by atoms with Gasteiger partial charge in [-0.2, -0.15) is 4.31 Å². The van der Waals surface area contributed by atoms with Crippen LogP contribution in [-0.4, -0.2) is 36.0 Å². The molecule has 3 N–H and O–H groups in total. The molecule has 2 saturated heterocycles. The van der Waals surface area contributed by atoms with E-state index in [9.17, 15) is 13.5 Å². The number of rotatable bonds is 2. The number of aliphatic hydroxyl groups is 1. The summed E-state index contributed by atoms with van der Waals surface area (Å²) in [5.41, 5.74) is 6.22. The summed E-state index contributed by atoms with van der Waals surface area (Å²) in [6.07, 6.45) is 2.25. The summed E-state index contributed by atoms with van der Waals surface area (Å²) in [6, 6.07) is 2.97. The predicted octanol–water partition coefficient (Wildman–Crippen LogP) is 2.47. The lowest BCUT2D eigenvalue weighted by atomic mass is 10.0. The summed E-state index contributed by atoms with van der Waals surface area (Å²) >= 11 is 6.61. The van der Waals surface area contributed by atoms with Crippen molar-refractivity contribution in [3.05, 3.63) is 21.1 Å². The van der Waals surface area contributed by atoms with Crippen molar-refractivity contribution in [2.24, 2.45) is 0 Å². The zero-order valence-electron chi connectivity index (χ0n) is 11.2. The van der Waals surface area contributed by atoms with Crippen molar-refractivity contribution >= 4 is 47.6 Å². The molecule has 1 aromatic rings. The van der Waals surface area contributed by atoms with E-state index in [2.05, 4.69) is 31.9 Å². The fraction of sp³-hybridized carbons (Fsp3) is 0.538. The van der Waals surface area contributed by atoms with Crippen LogP contribution >= 0.6 is 31.9 Å². The van der Waals surface area contributed by atoms with E-state index >= 15 is 0 Å². The van der Waals surface area contributed by atoms with Crippen LogP contribution in [0.5, 0.6) is 0 Å². The second kappa shape index (κ2) is 5.49. The van der Waals surface area contributed by atoms with Crippen LogP contribution in [0.1, 0.15) is 25.7 Å². The largest absolute Gasteiger partial charge is 0.399 e. The van der Waals surface area contributed by atoms with Crippen molar-refractivity contribution < 1.29 is 13.5 Å². The Morgan fingerprint density at radius 1 is 1.14 bits per heavy atom. The summed E-state index contributed by atoms with van der Waals surface area (Å²) in [5.74, 6) is 0. The van der Waals surface area contributed by atoms with Crippen LogP contribution in [0.25, 0.3) is 0 Å². The number of halogens is 2. The predicted molar refractivity (Wildman–Crippen MR) is 87.3 cm³/mol. The molecule has 0 aliphatic carbocycles. The molecule has 0 aromatic heterocycles. The average molecular weight is 440 g/mol. The maximum absolute atomic E-state index is 13.1. The SMILES string of the molecule is Nc1cc(Br)c(S(=O)(=O)N2C3CCC2CC(O)C3)c(Br)c1. The monoisotopic (exact) mass is 438 g/mol. The Bertz CT molecular complexity index is 643. The number of nitrogen functional groups attached to an aromatic ring is 1. The minimum atomic E-state index is -3.63. The highest BCUT2D eigenvalue weighted by Crippen LogP contribution is 2.43. The van der Waals surface area contributed by atoms with Crippen LogP contribution < -0.4 is 5.73 Å². The normalized spacial score (nSPS) is 29.8. The van der Waals surface area contributed by atoms with Crippen LogP contribution in [0.2, 0.25) is 0 Å². The van der Waals surface area contributed by atoms with Crippen molar-refractivity contribution in [3.8, 4) is 0 Å². The van der Waals surface area contributed by atoms with Gasteiger partial charge in [0.25, 0.3) is 0 Å². The Morgan fingerprint density at radius 2 is 1.62 bits per heavy atom. The van der Waals surface area contributed by atoms with Gasteiger partial charge in [0.2, 0.25) is 10.0 Å². The molecule has 5 nitrogen and oxygen atoms in total. The number of anilines is 1. The van der Waals surface area contributed by atoms with Gasteiger partial charge in [0.1, 0.15) is 4.90 Å². The van der Waals surface area contributed by atoms with Gasteiger partial charge >= 0.3 is 0 Å². The van der Waals surface area contributed by atoms with Gasteiger partial charge < -0.3 is 10.8 Å². The third-order valence-electron chi connectivity index (χ3n) is 4.20. The lowest BCUT2D eigenvalue weighted by molar-refractivity contribution is 0.0768. The highest BCUT2D eigenvalue weighted by Gasteiger charge is 2.47. The number of piperidine rings is 1. The first-order chi connectivity index (χ1) is 9.80. The second-order valence-corrected chi connectivity index (χ2v) is 9.15. The number of benzene rings is 1. The lowest BCUT2D eigenvalue weighted by Crippen LogP contribution is -2.48. The fourth-order valence-electron chi connectivity index (χ4n) is 3.43. The number of aliphatic hydroxyl groups excluding tert-OH is 1. The van der Waals surface area contributed by atoms with Gasteiger partial charge in [-0.15, -0.1) is 0 Å². The minimum absolute atomic E-state index is 0.111. The Kier molecular flexibility index (Phi) is 4.11. The number of hydrogen-bond donors (Lipinski definition) is 2. The molecule has 2 unspecified atom stereocenters. The summed E-state index contributed by atoms with van der Waals surface area (Å²) in [7, 11) is -3.63. The van der Waals surface area contributed by atoms with Crippen molar-refractivity contribution in [3.63, 3.8) is 0 Å². The highest BCUT2D eigenvalue weighted by molar-refractivity contribution is 9.11. The topological polar surface area (TPSA) is 83.6 Å². The Balaban J connectivity index is 2.06. The number of hydrogen-bond acceptors (Lipinski definition) is 4. The van der Waals surface area contributed by atoms with Crippen molar-refractivity contribution in [2.75, 3.05) is 5.73 Å².